The molecule has 90 valence electrons. The molecule has 1 saturated heterocycles. The molecule has 2 nitrogen and oxygen atoms in total. The summed E-state index contributed by atoms with van der Waals surface area (Å²) in [7, 11) is 0. The first-order valence-electron chi connectivity index (χ1n) is 5.76. The van der Waals surface area contributed by atoms with Crippen molar-refractivity contribution in [1.82, 2.24) is 4.90 Å². The van der Waals surface area contributed by atoms with Gasteiger partial charge in [-0.25, -0.2) is 8.78 Å². The van der Waals surface area contributed by atoms with Crippen molar-refractivity contribution in [3.63, 3.8) is 0 Å². The number of alkyl halides is 2. The molecule has 0 aromatic carbocycles. The summed E-state index contributed by atoms with van der Waals surface area (Å²) in [6, 6.07) is 2.11. The van der Waals surface area contributed by atoms with Crippen LogP contribution in [0.5, 0.6) is 0 Å². The molecule has 0 saturated carbocycles. The van der Waals surface area contributed by atoms with Gasteiger partial charge in [-0.2, -0.15) is 5.26 Å². The highest BCUT2D eigenvalue weighted by Crippen LogP contribution is 2.26. The summed E-state index contributed by atoms with van der Waals surface area (Å²) < 4.78 is 26.2. The summed E-state index contributed by atoms with van der Waals surface area (Å²) >= 11 is 0. The van der Waals surface area contributed by atoms with Crippen molar-refractivity contribution in [2.45, 2.75) is 38.5 Å². The van der Waals surface area contributed by atoms with Crippen LogP contribution in [0.2, 0.25) is 0 Å². The molecule has 0 atom stereocenters. The Hall–Kier alpha value is -0.950. The van der Waals surface area contributed by atoms with Crippen molar-refractivity contribution in [2.24, 2.45) is 0 Å². The zero-order valence-corrected chi connectivity index (χ0v) is 9.68. The lowest BCUT2D eigenvalue weighted by molar-refractivity contribution is -0.0634. The van der Waals surface area contributed by atoms with E-state index in [0.717, 1.165) is 13.0 Å². The number of likely N-dealkylation sites (tertiary alicyclic amines) is 1. The first-order valence-corrected chi connectivity index (χ1v) is 5.76. The minimum atomic E-state index is -2.54. The first-order chi connectivity index (χ1) is 7.57. The van der Waals surface area contributed by atoms with Crippen LogP contribution in [-0.4, -0.2) is 30.5 Å². The highest BCUT2D eigenvalue weighted by atomic mass is 19.3. The highest BCUT2D eigenvalue weighted by molar-refractivity contribution is 5.20. The molecular formula is C12H18F2N2. The zero-order chi connectivity index (χ0) is 12.0. The second-order valence-electron chi connectivity index (χ2n) is 4.24. The van der Waals surface area contributed by atoms with Crippen LogP contribution in [0.3, 0.4) is 0 Å². The fraction of sp³-hybridized carbons (Fsp3) is 0.750. The van der Waals surface area contributed by atoms with Crippen LogP contribution >= 0.6 is 0 Å². The van der Waals surface area contributed by atoms with Crippen LogP contribution in [0.1, 0.15) is 32.6 Å². The van der Waals surface area contributed by atoms with E-state index in [-0.39, 0.29) is 13.0 Å². The number of nitrogens with zero attached hydrogens (tertiary/aromatic N) is 2. The van der Waals surface area contributed by atoms with Crippen LogP contribution < -0.4 is 0 Å². The Morgan fingerprint density at radius 3 is 2.88 bits per heavy atom. The fourth-order valence-electron chi connectivity index (χ4n) is 1.97. The van der Waals surface area contributed by atoms with Gasteiger partial charge in [-0.15, -0.1) is 0 Å². The minimum absolute atomic E-state index is 0.000589. The van der Waals surface area contributed by atoms with E-state index in [4.69, 9.17) is 5.26 Å². The maximum atomic E-state index is 13.1. The lowest BCUT2D eigenvalue weighted by Crippen LogP contribution is -2.42. The SMILES string of the molecule is CC/C=C(\C#N)CCN1CCCC(F)(F)C1. The molecular weight excluding hydrogens is 210 g/mol. The zero-order valence-electron chi connectivity index (χ0n) is 9.68. The van der Waals surface area contributed by atoms with E-state index in [1.54, 1.807) is 4.90 Å². The highest BCUT2D eigenvalue weighted by Gasteiger charge is 2.34. The van der Waals surface area contributed by atoms with Crippen molar-refractivity contribution in [2.75, 3.05) is 19.6 Å². The lowest BCUT2D eigenvalue weighted by atomic mass is 10.1. The van der Waals surface area contributed by atoms with E-state index in [1.165, 1.54) is 0 Å². The van der Waals surface area contributed by atoms with Gasteiger partial charge in [0.1, 0.15) is 0 Å². The fourth-order valence-corrected chi connectivity index (χ4v) is 1.97. The molecule has 1 aliphatic rings. The van der Waals surface area contributed by atoms with Gasteiger partial charge in [0.05, 0.1) is 12.6 Å². The maximum absolute atomic E-state index is 13.1. The average molecular weight is 228 g/mol. The van der Waals surface area contributed by atoms with E-state index < -0.39 is 5.92 Å². The molecule has 1 rings (SSSR count). The average Bonchev–Trinajstić information content (AvgIpc) is 2.23. The second kappa shape index (κ2) is 5.95. The molecule has 0 radical (unpaired) electrons. The van der Waals surface area contributed by atoms with Gasteiger partial charge in [0.25, 0.3) is 5.92 Å². The summed E-state index contributed by atoms with van der Waals surface area (Å²) in [6.07, 6.45) is 3.81. The maximum Gasteiger partial charge on any atom is 0.260 e. The number of halogens is 2. The van der Waals surface area contributed by atoms with E-state index in [1.807, 2.05) is 13.0 Å². The third-order valence-corrected chi connectivity index (χ3v) is 2.76. The van der Waals surface area contributed by atoms with Crippen molar-refractivity contribution in [3.05, 3.63) is 11.6 Å². The molecule has 16 heavy (non-hydrogen) atoms. The number of hydrogen-bond acceptors (Lipinski definition) is 2. The normalized spacial score (nSPS) is 21.8. The smallest absolute Gasteiger partial charge is 0.260 e. The Kier molecular flexibility index (Phi) is 4.88. The molecule has 0 unspecified atom stereocenters. The van der Waals surface area contributed by atoms with Gasteiger partial charge in [-0.1, -0.05) is 13.0 Å². The topological polar surface area (TPSA) is 27.0 Å². The molecule has 0 aliphatic carbocycles. The van der Waals surface area contributed by atoms with Gasteiger partial charge < -0.3 is 0 Å². The summed E-state index contributed by atoms with van der Waals surface area (Å²) in [4.78, 5) is 1.75. The second-order valence-corrected chi connectivity index (χ2v) is 4.24. The van der Waals surface area contributed by atoms with Gasteiger partial charge >= 0.3 is 0 Å². The third kappa shape index (κ3) is 4.28. The molecule has 1 heterocycles. The van der Waals surface area contributed by atoms with E-state index in [2.05, 4.69) is 6.07 Å². The number of allylic oxidation sites excluding steroid dienone is 1. The Labute approximate surface area is 95.5 Å². The van der Waals surface area contributed by atoms with Crippen LogP contribution in [0, 0.1) is 11.3 Å². The van der Waals surface area contributed by atoms with E-state index in [0.29, 0.717) is 25.0 Å². The Morgan fingerprint density at radius 1 is 1.56 bits per heavy atom. The van der Waals surface area contributed by atoms with Crippen molar-refractivity contribution in [1.29, 1.82) is 5.26 Å². The molecule has 0 spiro atoms. The molecule has 1 aliphatic heterocycles. The van der Waals surface area contributed by atoms with Gasteiger partial charge in [-0.05, 0) is 25.8 Å². The Balaban J connectivity index is 2.38. The first kappa shape index (κ1) is 13.1. The predicted molar refractivity (Wildman–Crippen MR) is 59.2 cm³/mol. The molecule has 0 aromatic rings. The van der Waals surface area contributed by atoms with Crippen LogP contribution in [-0.2, 0) is 0 Å². The lowest BCUT2D eigenvalue weighted by Gasteiger charge is -2.32. The molecule has 0 bridgehead atoms. The molecule has 4 heteroatoms. The number of nitriles is 1. The van der Waals surface area contributed by atoms with Gasteiger partial charge in [-0.3, -0.25) is 4.90 Å². The molecule has 0 amide bonds. The van der Waals surface area contributed by atoms with Crippen molar-refractivity contribution < 1.29 is 8.78 Å². The predicted octanol–water partition coefficient (Wildman–Crippen LogP) is 2.97. The summed E-state index contributed by atoms with van der Waals surface area (Å²) in [5, 5.41) is 8.80. The monoisotopic (exact) mass is 228 g/mol. The molecule has 1 fully saturated rings. The summed E-state index contributed by atoms with van der Waals surface area (Å²) in [6.45, 7) is 3.10. The van der Waals surface area contributed by atoms with Gasteiger partial charge in [0.2, 0.25) is 0 Å². The van der Waals surface area contributed by atoms with Gasteiger partial charge in [0.15, 0.2) is 0 Å². The number of rotatable bonds is 4. The molecule has 0 aromatic heterocycles. The van der Waals surface area contributed by atoms with E-state index in [9.17, 15) is 8.78 Å². The van der Waals surface area contributed by atoms with Crippen molar-refractivity contribution in [3.8, 4) is 6.07 Å². The van der Waals surface area contributed by atoms with Crippen molar-refractivity contribution >= 4 is 0 Å². The number of piperidine rings is 1. The van der Waals surface area contributed by atoms with E-state index >= 15 is 0 Å². The largest absolute Gasteiger partial charge is 0.297 e. The standard InChI is InChI=1S/C12H18F2N2/c1-2-4-11(9-15)5-8-16-7-3-6-12(13,14)10-16/h4H,2-3,5-8,10H2,1H3/b11-4-. The van der Waals surface area contributed by atoms with Gasteiger partial charge in [0, 0.05) is 18.5 Å². The Bertz CT molecular complexity index is 292. The quantitative estimate of drug-likeness (QED) is 0.692. The van der Waals surface area contributed by atoms with Crippen LogP contribution in [0.15, 0.2) is 11.6 Å². The van der Waals surface area contributed by atoms with Crippen LogP contribution in [0.25, 0.3) is 0 Å². The Morgan fingerprint density at radius 2 is 2.31 bits per heavy atom. The number of hydrogen-bond donors (Lipinski definition) is 0. The third-order valence-electron chi connectivity index (χ3n) is 2.76. The minimum Gasteiger partial charge on any atom is -0.297 e. The summed E-state index contributed by atoms with van der Waals surface area (Å²) in [5.74, 6) is -2.54. The van der Waals surface area contributed by atoms with Crippen LogP contribution in [0.4, 0.5) is 8.78 Å². The summed E-state index contributed by atoms with van der Waals surface area (Å²) in [5.41, 5.74) is 0.705. The molecule has 0 N–H and O–H groups in total.